The van der Waals surface area contributed by atoms with Gasteiger partial charge in [-0.3, -0.25) is 4.79 Å². The molecule has 0 aromatic carbocycles. The molecular weight excluding hydrogens is 214 g/mol. The number of carbonyl (C=O) groups excluding carboxylic acids is 1. The molecule has 0 saturated heterocycles. The van der Waals surface area contributed by atoms with Crippen molar-refractivity contribution in [3.63, 3.8) is 0 Å². The molecule has 0 aliphatic heterocycles. The Bertz CT molecular complexity index is 291. The summed E-state index contributed by atoms with van der Waals surface area (Å²) in [5.74, 6) is 0.0456. The van der Waals surface area contributed by atoms with Gasteiger partial charge < -0.3 is 16.0 Å². The van der Waals surface area contributed by atoms with E-state index in [9.17, 15) is 4.79 Å². The van der Waals surface area contributed by atoms with Crippen LogP contribution in [-0.2, 0) is 4.79 Å². The van der Waals surface area contributed by atoms with Gasteiger partial charge in [0.2, 0.25) is 5.91 Å². The van der Waals surface area contributed by atoms with E-state index in [1.165, 1.54) is 32.1 Å². The van der Waals surface area contributed by atoms with Crippen molar-refractivity contribution in [1.82, 2.24) is 10.2 Å². The molecule has 2 saturated carbocycles. The summed E-state index contributed by atoms with van der Waals surface area (Å²) in [5.41, 5.74) is 5.51. The van der Waals surface area contributed by atoms with Crippen LogP contribution in [0.3, 0.4) is 0 Å². The standard InChI is InChI=1S/C13H25N3O/c1-16(2)12(6-4-3-5-7-12)10-15-11(17)13(14)8-9-13/h3-10,14H2,1-2H3,(H,15,17). The van der Waals surface area contributed by atoms with E-state index in [1.54, 1.807) is 0 Å². The summed E-state index contributed by atoms with van der Waals surface area (Å²) < 4.78 is 0. The van der Waals surface area contributed by atoms with Crippen LogP contribution in [0.5, 0.6) is 0 Å². The molecule has 0 heterocycles. The second kappa shape index (κ2) is 4.58. The minimum Gasteiger partial charge on any atom is -0.353 e. The molecule has 2 rings (SSSR count). The highest BCUT2D eigenvalue weighted by Crippen LogP contribution is 2.34. The molecule has 3 N–H and O–H groups in total. The maximum atomic E-state index is 11.9. The van der Waals surface area contributed by atoms with Crippen molar-refractivity contribution in [2.75, 3.05) is 20.6 Å². The molecule has 2 aliphatic carbocycles. The van der Waals surface area contributed by atoms with Gasteiger partial charge in [0.1, 0.15) is 0 Å². The number of hydrogen-bond donors (Lipinski definition) is 2. The largest absolute Gasteiger partial charge is 0.353 e. The van der Waals surface area contributed by atoms with Crippen LogP contribution in [-0.4, -0.2) is 42.5 Å². The molecule has 0 spiro atoms. The summed E-state index contributed by atoms with van der Waals surface area (Å²) in [6.45, 7) is 0.748. The van der Waals surface area contributed by atoms with Gasteiger partial charge in [-0.1, -0.05) is 19.3 Å². The molecular formula is C13H25N3O. The number of nitrogens with one attached hydrogen (secondary N) is 1. The summed E-state index contributed by atoms with van der Waals surface area (Å²) in [6.07, 6.45) is 7.89. The molecule has 0 unspecified atom stereocenters. The summed E-state index contributed by atoms with van der Waals surface area (Å²) >= 11 is 0. The summed E-state index contributed by atoms with van der Waals surface area (Å²) in [6, 6.07) is 0. The van der Waals surface area contributed by atoms with Crippen LogP contribution in [0.25, 0.3) is 0 Å². The summed E-state index contributed by atoms with van der Waals surface area (Å²) in [4.78, 5) is 14.2. The quantitative estimate of drug-likeness (QED) is 0.765. The molecule has 0 aromatic heterocycles. The topological polar surface area (TPSA) is 58.4 Å². The van der Waals surface area contributed by atoms with Gasteiger partial charge >= 0.3 is 0 Å². The lowest BCUT2D eigenvalue weighted by Crippen LogP contribution is -2.56. The zero-order valence-electron chi connectivity index (χ0n) is 11.1. The maximum Gasteiger partial charge on any atom is 0.240 e. The highest BCUT2D eigenvalue weighted by Gasteiger charge is 2.46. The summed E-state index contributed by atoms with van der Waals surface area (Å²) in [5, 5.41) is 3.07. The molecule has 98 valence electrons. The predicted octanol–water partition coefficient (Wildman–Crippen LogP) is 0.858. The third-order valence-electron chi connectivity index (χ3n) is 4.55. The predicted molar refractivity (Wildman–Crippen MR) is 68.7 cm³/mol. The van der Waals surface area contributed by atoms with Crippen molar-refractivity contribution in [3.8, 4) is 0 Å². The molecule has 0 radical (unpaired) electrons. The number of nitrogens with zero attached hydrogens (tertiary/aromatic N) is 1. The number of nitrogens with two attached hydrogens (primary N) is 1. The van der Waals surface area contributed by atoms with E-state index >= 15 is 0 Å². The maximum absolute atomic E-state index is 11.9. The van der Waals surface area contributed by atoms with E-state index in [0.717, 1.165) is 19.4 Å². The van der Waals surface area contributed by atoms with Crippen LogP contribution in [0.1, 0.15) is 44.9 Å². The van der Waals surface area contributed by atoms with Crippen molar-refractivity contribution in [2.24, 2.45) is 5.73 Å². The highest BCUT2D eigenvalue weighted by molar-refractivity contribution is 5.89. The van der Waals surface area contributed by atoms with Crippen molar-refractivity contribution >= 4 is 5.91 Å². The van der Waals surface area contributed by atoms with Crippen LogP contribution in [0.4, 0.5) is 0 Å². The molecule has 0 bridgehead atoms. The average molecular weight is 239 g/mol. The number of amides is 1. The number of likely N-dealkylation sites (N-methyl/N-ethyl adjacent to an activating group) is 1. The van der Waals surface area contributed by atoms with Gasteiger partial charge in [-0.05, 0) is 39.8 Å². The fraction of sp³-hybridized carbons (Fsp3) is 0.923. The first-order valence-electron chi connectivity index (χ1n) is 6.73. The molecule has 2 fully saturated rings. The van der Waals surface area contributed by atoms with Gasteiger partial charge in [-0.15, -0.1) is 0 Å². The lowest BCUT2D eigenvalue weighted by Gasteiger charge is -2.43. The first kappa shape index (κ1) is 12.8. The highest BCUT2D eigenvalue weighted by atomic mass is 16.2. The second-order valence-corrected chi connectivity index (χ2v) is 6.02. The van der Waals surface area contributed by atoms with Crippen molar-refractivity contribution in [2.45, 2.75) is 56.0 Å². The Morgan fingerprint density at radius 2 is 1.76 bits per heavy atom. The SMILES string of the molecule is CN(C)C1(CNC(=O)C2(N)CC2)CCCCC1. The zero-order valence-corrected chi connectivity index (χ0v) is 11.1. The molecule has 0 aromatic rings. The van der Waals surface area contributed by atoms with Crippen LogP contribution < -0.4 is 11.1 Å². The third kappa shape index (κ3) is 2.63. The molecule has 17 heavy (non-hydrogen) atoms. The smallest absolute Gasteiger partial charge is 0.240 e. The number of rotatable bonds is 4. The molecule has 1 amide bonds. The van der Waals surface area contributed by atoms with Crippen LogP contribution in [0.15, 0.2) is 0 Å². The Balaban J connectivity index is 1.91. The van der Waals surface area contributed by atoms with Crippen molar-refractivity contribution < 1.29 is 4.79 Å². The Morgan fingerprint density at radius 3 is 2.24 bits per heavy atom. The monoisotopic (exact) mass is 239 g/mol. The van der Waals surface area contributed by atoms with Gasteiger partial charge in [-0.2, -0.15) is 0 Å². The normalized spacial score (nSPS) is 25.6. The average Bonchev–Trinajstić information content (AvgIpc) is 3.06. The number of carbonyl (C=O) groups is 1. The molecule has 4 nitrogen and oxygen atoms in total. The Labute approximate surface area is 104 Å². The van der Waals surface area contributed by atoms with Crippen LogP contribution in [0, 0.1) is 0 Å². The van der Waals surface area contributed by atoms with E-state index in [1.807, 2.05) is 0 Å². The lowest BCUT2D eigenvalue weighted by atomic mass is 9.80. The first-order chi connectivity index (χ1) is 7.99. The fourth-order valence-corrected chi connectivity index (χ4v) is 2.77. The Morgan fingerprint density at radius 1 is 1.18 bits per heavy atom. The minimum atomic E-state index is -0.540. The number of hydrogen-bond acceptors (Lipinski definition) is 3. The van der Waals surface area contributed by atoms with Crippen LogP contribution >= 0.6 is 0 Å². The molecule has 0 atom stereocenters. The van der Waals surface area contributed by atoms with Crippen LogP contribution in [0.2, 0.25) is 0 Å². The van der Waals surface area contributed by atoms with Gasteiger partial charge in [0.25, 0.3) is 0 Å². The third-order valence-corrected chi connectivity index (χ3v) is 4.55. The van der Waals surface area contributed by atoms with Gasteiger partial charge in [0.15, 0.2) is 0 Å². The molecule has 2 aliphatic rings. The van der Waals surface area contributed by atoms with E-state index in [2.05, 4.69) is 24.3 Å². The first-order valence-corrected chi connectivity index (χ1v) is 6.73. The summed E-state index contributed by atoms with van der Waals surface area (Å²) in [7, 11) is 4.24. The van der Waals surface area contributed by atoms with Crippen molar-refractivity contribution in [3.05, 3.63) is 0 Å². The van der Waals surface area contributed by atoms with Gasteiger partial charge in [0, 0.05) is 12.1 Å². The molecule has 4 heteroatoms. The minimum absolute atomic E-state index is 0.0456. The Kier molecular flexibility index (Phi) is 3.46. The second-order valence-electron chi connectivity index (χ2n) is 6.02. The fourth-order valence-electron chi connectivity index (χ4n) is 2.77. The van der Waals surface area contributed by atoms with E-state index < -0.39 is 5.54 Å². The van der Waals surface area contributed by atoms with E-state index in [-0.39, 0.29) is 11.4 Å². The van der Waals surface area contributed by atoms with Gasteiger partial charge in [-0.25, -0.2) is 0 Å². The van der Waals surface area contributed by atoms with Crippen molar-refractivity contribution in [1.29, 1.82) is 0 Å². The van der Waals surface area contributed by atoms with Gasteiger partial charge in [0.05, 0.1) is 5.54 Å². The Hall–Kier alpha value is -0.610. The van der Waals surface area contributed by atoms with E-state index in [0.29, 0.717) is 0 Å². The zero-order chi connectivity index (χ0) is 12.5. The lowest BCUT2D eigenvalue weighted by molar-refractivity contribution is -0.124. The van der Waals surface area contributed by atoms with E-state index in [4.69, 9.17) is 5.73 Å².